The Bertz CT molecular complexity index is 926. The first-order chi connectivity index (χ1) is 13.7. The van der Waals surface area contributed by atoms with E-state index < -0.39 is 0 Å². The summed E-state index contributed by atoms with van der Waals surface area (Å²) in [4.78, 5) is 32.0. The van der Waals surface area contributed by atoms with E-state index in [0.29, 0.717) is 5.56 Å². The minimum absolute atomic E-state index is 0.0498. The van der Waals surface area contributed by atoms with Crippen LogP contribution in [0.1, 0.15) is 10.4 Å². The van der Waals surface area contributed by atoms with Gasteiger partial charge in [0.1, 0.15) is 5.82 Å². The van der Waals surface area contributed by atoms with Gasteiger partial charge < -0.3 is 14.7 Å². The van der Waals surface area contributed by atoms with Gasteiger partial charge in [-0.15, -0.1) is 0 Å². The number of carbonyl (C=O) groups is 1. The number of rotatable bonds is 4. The zero-order valence-electron chi connectivity index (χ0n) is 15.8. The fourth-order valence-corrected chi connectivity index (χ4v) is 3.28. The molecule has 1 aliphatic rings. The molecule has 1 aliphatic heterocycles. The minimum atomic E-state index is -0.0498. The zero-order chi connectivity index (χ0) is 19.3. The van der Waals surface area contributed by atoms with Crippen molar-refractivity contribution >= 4 is 23.4 Å². The van der Waals surface area contributed by atoms with Gasteiger partial charge in [-0.05, 0) is 30.3 Å². The smallest absolute Gasteiger partial charge is 0.258 e. The van der Waals surface area contributed by atoms with E-state index in [9.17, 15) is 4.79 Å². The number of piperazine rings is 1. The van der Waals surface area contributed by atoms with Crippen molar-refractivity contribution in [2.75, 3.05) is 47.9 Å². The van der Waals surface area contributed by atoms with Gasteiger partial charge >= 0.3 is 0 Å². The van der Waals surface area contributed by atoms with Crippen molar-refractivity contribution in [2.45, 2.75) is 0 Å². The maximum absolute atomic E-state index is 12.9. The Morgan fingerprint density at radius 2 is 1.54 bits per heavy atom. The molecule has 0 radical (unpaired) electrons. The number of para-hydroxylation sites is 1. The monoisotopic (exact) mass is 374 g/mol. The molecule has 2 aromatic heterocycles. The molecule has 1 fully saturated rings. The van der Waals surface area contributed by atoms with Gasteiger partial charge in [0, 0.05) is 63.1 Å². The van der Waals surface area contributed by atoms with Gasteiger partial charge in [0.25, 0.3) is 5.91 Å². The van der Waals surface area contributed by atoms with Crippen LogP contribution in [-0.2, 0) is 0 Å². The van der Waals surface area contributed by atoms with Gasteiger partial charge in [-0.3, -0.25) is 4.79 Å². The van der Waals surface area contributed by atoms with E-state index in [1.54, 1.807) is 36.6 Å². The van der Waals surface area contributed by atoms with E-state index in [0.717, 1.165) is 43.6 Å². The van der Waals surface area contributed by atoms with Gasteiger partial charge in [-0.25, -0.2) is 15.0 Å². The molecule has 3 heterocycles. The Hall–Kier alpha value is -3.48. The second kappa shape index (κ2) is 8.04. The molecule has 1 aromatic carbocycles. The van der Waals surface area contributed by atoms with E-state index in [1.807, 2.05) is 42.5 Å². The summed E-state index contributed by atoms with van der Waals surface area (Å²) >= 11 is 0. The summed E-state index contributed by atoms with van der Waals surface area (Å²) < 4.78 is 0. The lowest BCUT2D eigenvalue weighted by Gasteiger charge is -2.35. The molecule has 1 saturated heterocycles. The standard InChI is InChI=1S/C21H22N6O/c1-25(18-6-3-2-4-7-18)20(28)17-8-11-22-19(16-17)26-12-14-27(15-13-26)21-23-9-5-10-24-21/h2-11,16H,12-15H2,1H3. The van der Waals surface area contributed by atoms with Crippen molar-refractivity contribution in [3.05, 3.63) is 72.7 Å². The molecule has 7 heteroatoms. The van der Waals surface area contributed by atoms with Crippen LogP contribution < -0.4 is 14.7 Å². The van der Waals surface area contributed by atoms with Gasteiger partial charge in [-0.2, -0.15) is 0 Å². The van der Waals surface area contributed by atoms with Crippen LogP contribution in [0.15, 0.2) is 67.1 Å². The fraction of sp³-hybridized carbons (Fsp3) is 0.238. The molecule has 1 amide bonds. The number of anilines is 3. The summed E-state index contributed by atoms with van der Waals surface area (Å²) in [5.74, 6) is 1.52. The van der Waals surface area contributed by atoms with Gasteiger partial charge in [0.05, 0.1) is 0 Å². The molecule has 0 N–H and O–H groups in total. The number of carbonyl (C=O) groups excluding carboxylic acids is 1. The third kappa shape index (κ3) is 3.78. The minimum Gasteiger partial charge on any atom is -0.353 e. The van der Waals surface area contributed by atoms with Crippen LogP contribution in [0.2, 0.25) is 0 Å². The van der Waals surface area contributed by atoms with Crippen molar-refractivity contribution in [2.24, 2.45) is 0 Å². The zero-order valence-corrected chi connectivity index (χ0v) is 15.8. The van der Waals surface area contributed by atoms with Crippen LogP contribution in [0, 0.1) is 0 Å². The number of hydrogen-bond donors (Lipinski definition) is 0. The highest BCUT2D eigenvalue weighted by Gasteiger charge is 2.21. The van der Waals surface area contributed by atoms with Crippen LogP contribution >= 0.6 is 0 Å². The lowest BCUT2D eigenvalue weighted by molar-refractivity contribution is 0.0993. The van der Waals surface area contributed by atoms with Crippen LogP contribution in [0.25, 0.3) is 0 Å². The summed E-state index contributed by atoms with van der Waals surface area (Å²) in [6.07, 6.45) is 5.22. The average Bonchev–Trinajstić information content (AvgIpc) is 2.79. The van der Waals surface area contributed by atoms with E-state index >= 15 is 0 Å². The summed E-state index contributed by atoms with van der Waals surface area (Å²) in [6.45, 7) is 3.23. The Labute approximate surface area is 164 Å². The first-order valence-electron chi connectivity index (χ1n) is 9.28. The summed E-state index contributed by atoms with van der Waals surface area (Å²) in [7, 11) is 1.79. The molecule has 28 heavy (non-hydrogen) atoms. The molecule has 0 atom stereocenters. The summed E-state index contributed by atoms with van der Waals surface area (Å²) in [5.41, 5.74) is 1.49. The highest BCUT2D eigenvalue weighted by molar-refractivity contribution is 6.06. The molecule has 4 rings (SSSR count). The number of pyridine rings is 1. The largest absolute Gasteiger partial charge is 0.353 e. The number of nitrogens with zero attached hydrogens (tertiary/aromatic N) is 6. The fourth-order valence-electron chi connectivity index (χ4n) is 3.28. The normalized spacial score (nSPS) is 14.0. The van der Waals surface area contributed by atoms with E-state index in [1.165, 1.54) is 0 Å². The number of aromatic nitrogens is 3. The number of amides is 1. The highest BCUT2D eigenvalue weighted by Crippen LogP contribution is 2.20. The molecule has 3 aromatic rings. The number of benzene rings is 1. The SMILES string of the molecule is CN(C(=O)c1ccnc(N2CCN(c3ncccn3)CC2)c1)c1ccccc1. The maximum atomic E-state index is 12.9. The topological polar surface area (TPSA) is 65.5 Å². The first kappa shape index (κ1) is 17.9. The van der Waals surface area contributed by atoms with Gasteiger partial charge in [-0.1, -0.05) is 18.2 Å². The Balaban J connectivity index is 1.45. The molecule has 142 valence electrons. The Morgan fingerprint density at radius 3 is 2.25 bits per heavy atom. The second-order valence-electron chi connectivity index (χ2n) is 6.63. The van der Waals surface area contributed by atoms with Crippen LogP contribution in [0.4, 0.5) is 17.5 Å². The molecule has 0 unspecified atom stereocenters. The van der Waals surface area contributed by atoms with Crippen molar-refractivity contribution in [3.8, 4) is 0 Å². The van der Waals surface area contributed by atoms with Crippen LogP contribution in [-0.4, -0.2) is 54.1 Å². The van der Waals surface area contributed by atoms with Crippen molar-refractivity contribution in [1.29, 1.82) is 0 Å². The predicted molar refractivity (Wildman–Crippen MR) is 110 cm³/mol. The van der Waals surface area contributed by atoms with Crippen molar-refractivity contribution in [3.63, 3.8) is 0 Å². The number of hydrogen-bond acceptors (Lipinski definition) is 6. The first-order valence-corrected chi connectivity index (χ1v) is 9.28. The molecular formula is C21H22N6O. The van der Waals surface area contributed by atoms with E-state index in [-0.39, 0.29) is 5.91 Å². The molecule has 0 bridgehead atoms. The van der Waals surface area contributed by atoms with Gasteiger partial charge in [0.15, 0.2) is 0 Å². The third-order valence-corrected chi connectivity index (χ3v) is 4.88. The molecular weight excluding hydrogens is 352 g/mol. The van der Waals surface area contributed by atoms with E-state index in [2.05, 4.69) is 24.8 Å². The second-order valence-corrected chi connectivity index (χ2v) is 6.63. The van der Waals surface area contributed by atoms with Crippen LogP contribution in [0.3, 0.4) is 0 Å². The van der Waals surface area contributed by atoms with Crippen molar-refractivity contribution < 1.29 is 4.79 Å². The van der Waals surface area contributed by atoms with E-state index in [4.69, 9.17) is 0 Å². The lowest BCUT2D eigenvalue weighted by atomic mass is 10.2. The van der Waals surface area contributed by atoms with Gasteiger partial charge in [0.2, 0.25) is 5.95 Å². The maximum Gasteiger partial charge on any atom is 0.258 e. The Kier molecular flexibility index (Phi) is 5.14. The molecule has 7 nitrogen and oxygen atoms in total. The predicted octanol–water partition coefficient (Wildman–Crippen LogP) is 2.47. The summed E-state index contributed by atoms with van der Waals surface area (Å²) in [5, 5.41) is 0. The summed E-state index contributed by atoms with van der Waals surface area (Å²) in [6, 6.07) is 15.1. The van der Waals surface area contributed by atoms with Crippen molar-refractivity contribution in [1.82, 2.24) is 15.0 Å². The third-order valence-electron chi connectivity index (χ3n) is 4.88. The Morgan fingerprint density at radius 1 is 0.857 bits per heavy atom. The average molecular weight is 374 g/mol. The molecule has 0 spiro atoms. The quantitative estimate of drug-likeness (QED) is 0.699. The lowest BCUT2D eigenvalue weighted by Crippen LogP contribution is -2.47. The molecule has 0 saturated carbocycles. The molecule has 0 aliphatic carbocycles. The highest BCUT2D eigenvalue weighted by atomic mass is 16.2. The van der Waals surface area contributed by atoms with Crippen LogP contribution in [0.5, 0.6) is 0 Å².